The molecule has 0 saturated carbocycles. The minimum absolute atomic E-state index is 0.184. The molecule has 0 spiro atoms. The number of nitrogens with zero attached hydrogens (tertiary/aromatic N) is 2. The van der Waals surface area contributed by atoms with Gasteiger partial charge in [0.1, 0.15) is 0 Å². The number of rotatable bonds is 6. The summed E-state index contributed by atoms with van der Waals surface area (Å²) in [5, 5.41) is 2.97. The van der Waals surface area contributed by atoms with E-state index in [1.165, 1.54) is 25.9 Å². The third-order valence-corrected chi connectivity index (χ3v) is 3.71. The van der Waals surface area contributed by atoms with E-state index >= 15 is 0 Å². The van der Waals surface area contributed by atoms with Crippen LogP contribution in [0.1, 0.15) is 33.1 Å². The van der Waals surface area contributed by atoms with Crippen molar-refractivity contribution in [2.45, 2.75) is 39.2 Å². The predicted molar refractivity (Wildman–Crippen MR) is 75.6 cm³/mol. The number of carbonyl (C=O) groups excluding carboxylic acids is 1. The molecule has 0 atom stereocenters. The third-order valence-electron chi connectivity index (χ3n) is 3.71. The Morgan fingerprint density at radius 2 is 2.00 bits per heavy atom. The van der Waals surface area contributed by atoms with Crippen LogP contribution in [0.5, 0.6) is 0 Å². The molecule has 1 aliphatic heterocycles. The lowest BCUT2D eigenvalue weighted by molar-refractivity contribution is -0.121. The van der Waals surface area contributed by atoms with Crippen LogP contribution < -0.4 is 5.32 Å². The molecule has 106 valence electrons. The van der Waals surface area contributed by atoms with Gasteiger partial charge in [-0.2, -0.15) is 0 Å². The zero-order valence-corrected chi connectivity index (χ0v) is 12.4. The molecule has 1 aliphatic rings. The van der Waals surface area contributed by atoms with E-state index in [2.05, 4.69) is 43.1 Å². The molecule has 0 aromatic heterocycles. The molecule has 0 aromatic carbocycles. The van der Waals surface area contributed by atoms with Crippen LogP contribution in [-0.2, 0) is 4.79 Å². The maximum Gasteiger partial charge on any atom is 0.221 e. The van der Waals surface area contributed by atoms with E-state index < -0.39 is 0 Å². The minimum atomic E-state index is 0.184. The number of likely N-dealkylation sites (tertiary alicyclic amines) is 1. The van der Waals surface area contributed by atoms with Crippen LogP contribution >= 0.6 is 0 Å². The zero-order valence-electron chi connectivity index (χ0n) is 12.4. The van der Waals surface area contributed by atoms with Gasteiger partial charge in [0.2, 0.25) is 5.91 Å². The van der Waals surface area contributed by atoms with E-state index in [0.717, 1.165) is 13.1 Å². The lowest BCUT2D eigenvalue weighted by atomic mass is 10.0. The van der Waals surface area contributed by atoms with E-state index in [-0.39, 0.29) is 5.91 Å². The standard InChI is InChI=1S/C14H29N3O/c1-12(2)11-15-14(18)7-10-17(4)13-5-8-16(3)9-6-13/h12-13H,5-11H2,1-4H3,(H,15,18). The van der Waals surface area contributed by atoms with Crippen molar-refractivity contribution in [2.75, 3.05) is 40.3 Å². The predicted octanol–water partition coefficient (Wildman–Crippen LogP) is 1.17. The van der Waals surface area contributed by atoms with Gasteiger partial charge < -0.3 is 15.1 Å². The molecule has 0 bridgehead atoms. The summed E-state index contributed by atoms with van der Waals surface area (Å²) < 4.78 is 0. The number of piperidine rings is 1. The van der Waals surface area contributed by atoms with Crippen molar-refractivity contribution in [3.05, 3.63) is 0 Å². The number of nitrogens with one attached hydrogen (secondary N) is 1. The van der Waals surface area contributed by atoms with Crippen molar-refractivity contribution >= 4 is 5.91 Å². The first kappa shape index (κ1) is 15.4. The van der Waals surface area contributed by atoms with Crippen LogP contribution in [0.3, 0.4) is 0 Å². The summed E-state index contributed by atoms with van der Waals surface area (Å²) in [5.41, 5.74) is 0. The van der Waals surface area contributed by atoms with Gasteiger partial charge in [-0.3, -0.25) is 4.79 Å². The molecule has 0 unspecified atom stereocenters. The van der Waals surface area contributed by atoms with Crippen LogP contribution in [0.2, 0.25) is 0 Å². The van der Waals surface area contributed by atoms with Gasteiger partial charge in [-0.15, -0.1) is 0 Å². The van der Waals surface area contributed by atoms with Gasteiger partial charge in [-0.1, -0.05) is 13.8 Å². The molecule has 0 aliphatic carbocycles. The minimum Gasteiger partial charge on any atom is -0.356 e. The number of carbonyl (C=O) groups is 1. The quantitative estimate of drug-likeness (QED) is 0.774. The highest BCUT2D eigenvalue weighted by Gasteiger charge is 2.20. The Hall–Kier alpha value is -0.610. The molecule has 1 fully saturated rings. The van der Waals surface area contributed by atoms with Gasteiger partial charge in [0.15, 0.2) is 0 Å². The van der Waals surface area contributed by atoms with Crippen molar-refractivity contribution < 1.29 is 4.79 Å². The van der Waals surface area contributed by atoms with E-state index in [0.29, 0.717) is 18.4 Å². The summed E-state index contributed by atoms with van der Waals surface area (Å²) in [6.45, 7) is 8.24. The first-order valence-corrected chi connectivity index (χ1v) is 7.14. The lowest BCUT2D eigenvalue weighted by Crippen LogP contribution is -2.43. The summed E-state index contributed by atoms with van der Waals surface area (Å²) in [6, 6.07) is 0.652. The molecule has 1 saturated heterocycles. The molecule has 0 aromatic rings. The van der Waals surface area contributed by atoms with Gasteiger partial charge in [0, 0.05) is 25.6 Å². The first-order chi connectivity index (χ1) is 8.49. The smallest absolute Gasteiger partial charge is 0.221 e. The monoisotopic (exact) mass is 255 g/mol. The highest BCUT2D eigenvalue weighted by Crippen LogP contribution is 2.14. The molecule has 1 amide bonds. The van der Waals surface area contributed by atoms with Gasteiger partial charge in [-0.05, 0) is 45.9 Å². The second-order valence-electron chi connectivity index (χ2n) is 5.96. The highest BCUT2D eigenvalue weighted by molar-refractivity contribution is 5.76. The van der Waals surface area contributed by atoms with Crippen LogP contribution in [0, 0.1) is 5.92 Å². The van der Waals surface area contributed by atoms with E-state index in [1.54, 1.807) is 0 Å². The Bertz CT molecular complexity index is 247. The number of amides is 1. The summed E-state index contributed by atoms with van der Waals surface area (Å²) in [5.74, 6) is 0.712. The first-order valence-electron chi connectivity index (χ1n) is 7.14. The lowest BCUT2D eigenvalue weighted by Gasteiger charge is -2.35. The van der Waals surface area contributed by atoms with Crippen LogP contribution in [-0.4, -0.2) is 62.0 Å². The fourth-order valence-electron chi connectivity index (χ4n) is 2.30. The topological polar surface area (TPSA) is 35.6 Å². The molecular formula is C14H29N3O. The Balaban J connectivity index is 2.16. The molecular weight excluding hydrogens is 226 g/mol. The van der Waals surface area contributed by atoms with E-state index in [9.17, 15) is 4.79 Å². The van der Waals surface area contributed by atoms with Crippen molar-refractivity contribution in [1.82, 2.24) is 15.1 Å². The maximum absolute atomic E-state index is 11.6. The average molecular weight is 255 g/mol. The second-order valence-corrected chi connectivity index (χ2v) is 5.96. The van der Waals surface area contributed by atoms with E-state index in [1.807, 2.05) is 0 Å². The van der Waals surface area contributed by atoms with Crippen molar-refractivity contribution in [1.29, 1.82) is 0 Å². The summed E-state index contributed by atoms with van der Waals surface area (Å²) in [4.78, 5) is 16.4. The largest absolute Gasteiger partial charge is 0.356 e. The third kappa shape index (κ3) is 5.83. The summed E-state index contributed by atoms with van der Waals surface area (Å²) >= 11 is 0. The second kappa shape index (κ2) is 7.74. The van der Waals surface area contributed by atoms with Gasteiger partial charge in [-0.25, -0.2) is 0 Å². The van der Waals surface area contributed by atoms with Gasteiger partial charge in [0.25, 0.3) is 0 Å². The fraction of sp³-hybridized carbons (Fsp3) is 0.929. The molecule has 1 N–H and O–H groups in total. The molecule has 18 heavy (non-hydrogen) atoms. The fourth-order valence-corrected chi connectivity index (χ4v) is 2.30. The molecule has 1 rings (SSSR count). The Morgan fingerprint density at radius 1 is 1.39 bits per heavy atom. The molecule has 4 heteroatoms. The van der Waals surface area contributed by atoms with Crippen LogP contribution in [0.25, 0.3) is 0 Å². The zero-order chi connectivity index (χ0) is 13.5. The van der Waals surface area contributed by atoms with E-state index in [4.69, 9.17) is 0 Å². The average Bonchev–Trinajstić information content (AvgIpc) is 2.34. The highest BCUT2D eigenvalue weighted by atomic mass is 16.1. The Labute approximate surface area is 112 Å². The SMILES string of the molecule is CC(C)CNC(=O)CCN(C)C1CCN(C)CC1. The molecule has 0 radical (unpaired) electrons. The number of hydrogen-bond acceptors (Lipinski definition) is 3. The van der Waals surface area contributed by atoms with Crippen molar-refractivity contribution in [2.24, 2.45) is 5.92 Å². The number of hydrogen-bond donors (Lipinski definition) is 1. The Morgan fingerprint density at radius 3 is 2.56 bits per heavy atom. The van der Waals surface area contributed by atoms with Crippen molar-refractivity contribution in [3.8, 4) is 0 Å². The van der Waals surface area contributed by atoms with Gasteiger partial charge >= 0.3 is 0 Å². The normalized spacial score (nSPS) is 18.6. The van der Waals surface area contributed by atoms with Crippen LogP contribution in [0.15, 0.2) is 0 Å². The maximum atomic E-state index is 11.6. The Kier molecular flexibility index (Phi) is 6.65. The van der Waals surface area contributed by atoms with Crippen molar-refractivity contribution in [3.63, 3.8) is 0 Å². The van der Waals surface area contributed by atoms with Gasteiger partial charge in [0.05, 0.1) is 0 Å². The van der Waals surface area contributed by atoms with Crippen LogP contribution in [0.4, 0.5) is 0 Å². The molecule has 1 heterocycles. The summed E-state index contributed by atoms with van der Waals surface area (Å²) in [6.07, 6.45) is 3.07. The molecule has 4 nitrogen and oxygen atoms in total. The summed E-state index contributed by atoms with van der Waals surface area (Å²) in [7, 11) is 4.32.